The highest BCUT2D eigenvalue weighted by molar-refractivity contribution is 5.74. The summed E-state index contributed by atoms with van der Waals surface area (Å²) in [6.07, 6.45) is 3.39. The van der Waals surface area contributed by atoms with Crippen molar-refractivity contribution in [3.05, 3.63) is 11.6 Å². The van der Waals surface area contributed by atoms with E-state index in [0.29, 0.717) is 18.7 Å². The zero-order valence-electron chi connectivity index (χ0n) is 6.95. The Morgan fingerprint density at radius 2 is 2.50 bits per heavy atom. The molecule has 0 atom stereocenters. The maximum absolute atomic E-state index is 10.5. The highest BCUT2D eigenvalue weighted by Crippen LogP contribution is 2.07. The lowest BCUT2D eigenvalue weighted by Crippen LogP contribution is -2.32. The van der Waals surface area contributed by atoms with Gasteiger partial charge in [0.1, 0.15) is 6.29 Å². The average Bonchev–Trinajstić information content (AvgIpc) is 2.03. The zero-order chi connectivity index (χ0) is 8.97. The predicted molar refractivity (Wildman–Crippen MR) is 42.1 cm³/mol. The maximum Gasteiger partial charge on any atom is 0.322 e. The van der Waals surface area contributed by atoms with Gasteiger partial charge in [-0.05, 0) is 6.42 Å². The third kappa shape index (κ3) is 2.47. The molecule has 0 aromatic heterocycles. The van der Waals surface area contributed by atoms with Crippen molar-refractivity contribution in [1.29, 1.82) is 0 Å². The van der Waals surface area contributed by atoms with Gasteiger partial charge in [-0.3, -0.25) is 9.59 Å². The summed E-state index contributed by atoms with van der Waals surface area (Å²) in [4.78, 5) is 25.7. The third-order valence-corrected chi connectivity index (χ3v) is 1.55. The summed E-state index contributed by atoms with van der Waals surface area (Å²) in [5.74, 6) is -0.345. The summed E-state index contributed by atoms with van der Waals surface area (Å²) in [5.41, 5.74) is 0.669. The summed E-state index contributed by atoms with van der Waals surface area (Å²) >= 11 is 0. The topological polar surface area (TPSA) is 46.6 Å². The largest absolute Gasteiger partial charge is 0.368 e. The van der Waals surface area contributed by atoms with E-state index in [9.17, 15) is 9.59 Å². The first-order chi connectivity index (χ1) is 5.72. The first kappa shape index (κ1) is 8.93. The third-order valence-electron chi connectivity index (χ3n) is 1.55. The van der Waals surface area contributed by atoms with Crippen molar-refractivity contribution in [3.63, 3.8) is 0 Å². The van der Waals surface area contributed by atoms with Gasteiger partial charge < -0.3 is 4.84 Å². The van der Waals surface area contributed by atoms with E-state index in [4.69, 9.17) is 4.84 Å². The molecule has 4 heteroatoms. The van der Waals surface area contributed by atoms with Crippen LogP contribution in [0.2, 0.25) is 0 Å². The lowest BCUT2D eigenvalue weighted by molar-refractivity contribution is -0.186. The first-order valence-corrected chi connectivity index (χ1v) is 3.80. The van der Waals surface area contributed by atoms with Crippen molar-refractivity contribution in [2.75, 3.05) is 13.1 Å². The molecular formula is C8H11NO3. The Kier molecular flexibility index (Phi) is 2.99. The monoisotopic (exact) mass is 169 g/mol. The Morgan fingerprint density at radius 1 is 1.75 bits per heavy atom. The van der Waals surface area contributed by atoms with Gasteiger partial charge in [-0.2, -0.15) is 0 Å². The van der Waals surface area contributed by atoms with Gasteiger partial charge in [-0.25, -0.2) is 0 Å². The lowest BCUT2D eigenvalue weighted by atomic mass is 10.2. The van der Waals surface area contributed by atoms with E-state index < -0.39 is 0 Å². The van der Waals surface area contributed by atoms with Crippen LogP contribution in [0.25, 0.3) is 0 Å². The Morgan fingerprint density at radius 3 is 3.08 bits per heavy atom. The van der Waals surface area contributed by atoms with Gasteiger partial charge in [0, 0.05) is 19.0 Å². The molecule has 0 aromatic rings. The quantitative estimate of drug-likeness (QED) is 0.557. The molecule has 0 saturated carbocycles. The van der Waals surface area contributed by atoms with Crippen molar-refractivity contribution >= 4 is 12.3 Å². The normalized spacial score (nSPS) is 18.2. The highest BCUT2D eigenvalue weighted by Gasteiger charge is 2.13. The number of rotatable bonds is 2. The number of aldehydes is 1. The summed E-state index contributed by atoms with van der Waals surface area (Å²) in [6.45, 7) is 2.42. The molecule has 1 heterocycles. The van der Waals surface area contributed by atoms with Crippen molar-refractivity contribution in [2.24, 2.45) is 0 Å². The average molecular weight is 169 g/mol. The van der Waals surface area contributed by atoms with Gasteiger partial charge >= 0.3 is 5.97 Å². The molecule has 1 aliphatic rings. The number of carbonyl (C=O) groups is 2. The molecule has 0 radical (unpaired) electrons. The predicted octanol–water partition coefficient (Wildman–Crippen LogP) is 0.296. The van der Waals surface area contributed by atoms with Crippen LogP contribution in [0.5, 0.6) is 0 Å². The van der Waals surface area contributed by atoms with Crippen LogP contribution in [0.3, 0.4) is 0 Å². The molecule has 0 N–H and O–H groups in total. The molecule has 0 fully saturated rings. The van der Waals surface area contributed by atoms with E-state index in [1.54, 1.807) is 0 Å². The van der Waals surface area contributed by atoms with Crippen LogP contribution >= 0.6 is 0 Å². The van der Waals surface area contributed by atoms with Crippen LogP contribution < -0.4 is 0 Å². The fourth-order valence-corrected chi connectivity index (χ4v) is 1.09. The summed E-state index contributed by atoms with van der Waals surface area (Å²) in [7, 11) is 0. The van der Waals surface area contributed by atoms with Crippen LogP contribution in [-0.2, 0) is 14.4 Å². The molecule has 66 valence electrons. The van der Waals surface area contributed by atoms with Gasteiger partial charge in [0.25, 0.3) is 0 Å². The lowest BCUT2D eigenvalue weighted by Gasteiger charge is -2.22. The van der Waals surface area contributed by atoms with E-state index in [-0.39, 0.29) is 5.97 Å². The zero-order valence-corrected chi connectivity index (χ0v) is 6.95. The van der Waals surface area contributed by atoms with Crippen LogP contribution in [0, 0.1) is 0 Å². The minimum atomic E-state index is -0.345. The maximum atomic E-state index is 10.5. The van der Waals surface area contributed by atoms with Gasteiger partial charge in [-0.1, -0.05) is 6.08 Å². The molecule has 12 heavy (non-hydrogen) atoms. The molecule has 4 nitrogen and oxygen atoms in total. The minimum Gasteiger partial charge on any atom is -0.368 e. The molecule has 1 rings (SSSR count). The van der Waals surface area contributed by atoms with Gasteiger partial charge in [0.2, 0.25) is 0 Å². The second-order valence-corrected chi connectivity index (χ2v) is 2.63. The van der Waals surface area contributed by atoms with Crippen molar-refractivity contribution in [3.8, 4) is 0 Å². The summed E-state index contributed by atoms with van der Waals surface area (Å²) < 4.78 is 0. The molecule has 0 aromatic carbocycles. The number of hydroxylamine groups is 2. The fraction of sp³-hybridized carbons (Fsp3) is 0.500. The molecule has 0 bridgehead atoms. The van der Waals surface area contributed by atoms with E-state index in [0.717, 1.165) is 12.7 Å². The van der Waals surface area contributed by atoms with Gasteiger partial charge in [0.15, 0.2) is 0 Å². The van der Waals surface area contributed by atoms with Crippen LogP contribution in [0.4, 0.5) is 0 Å². The number of carbonyl (C=O) groups excluding carboxylic acids is 2. The number of hydrogen-bond acceptors (Lipinski definition) is 4. The van der Waals surface area contributed by atoms with Crippen LogP contribution in [0.15, 0.2) is 11.6 Å². The standard InChI is InChI=1S/C8H11NO3/c1-7(11)12-9-4-2-3-8(5-9)6-10/h3,6H,2,4-5H2,1H3. The molecule has 1 aliphatic heterocycles. The highest BCUT2D eigenvalue weighted by atomic mass is 16.7. The molecule has 0 amide bonds. The molecule has 0 spiro atoms. The number of nitrogens with zero attached hydrogens (tertiary/aromatic N) is 1. The van der Waals surface area contributed by atoms with E-state index in [1.165, 1.54) is 12.0 Å². The smallest absolute Gasteiger partial charge is 0.322 e. The van der Waals surface area contributed by atoms with Crippen molar-refractivity contribution in [2.45, 2.75) is 13.3 Å². The molecule has 0 aliphatic carbocycles. The minimum absolute atomic E-state index is 0.345. The van der Waals surface area contributed by atoms with Crippen LogP contribution in [0.1, 0.15) is 13.3 Å². The molecule has 0 saturated heterocycles. The second-order valence-electron chi connectivity index (χ2n) is 2.63. The number of hydrogen-bond donors (Lipinski definition) is 0. The Hall–Kier alpha value is -1.16. The summed E-state index contributed by atoms with van der Waals surface area (Å²) in [5, 5.41) is 1.49. The van der Waals surface area contributed by atoms with E-state index in [1.807, 2.05) is 6.08 Å². The van der Waals surface area contributed by atoms with Crippen molar-refractivity contribution < 1.29 is 14.4 Å². The van der Waals surface area contributed by atoms with E-state index >= 15 is 0 Å². The van der Waals surface area contributed by atoms with E-state index in [2.05, 4.69) is 0 Å². The fourth-order valence-electron chi connectivity index (χ4n) is 1.09. The van der Waals surface area contributed by atoms with Gasteiger partial charge in [0.05, 0.1) is 6.54 Å². The Bertz CT molecular complexity index is 222. The molecular weight excluding hydrogens is 158 g/mol. The van der Waals surface area contributed by atoms with Crippen LogP contribution in [-0.4, -0.2) is 30.4 Å². The first-order valence-electron chi connectivity index (χ1n) is 3.80. The summed E-state index contributed by atoms with van der Waals surface area (Å²) in [6, 6.07) is 0. The van der Waals surface area contributed by atoms with Gasteiger partial charge in [-0.15, -0.1) is 5.06 Å². The Balaban J connectivity index is 2.45. The SMILES string of the molecule is CC(=O)ON1CCC=C(C=O)C1. The Labute approximate surface area is 70.7 Å². The van der Waals surface area contributed by atoms with Crippen molar-refractivity contribution in [1.82, 2.24) is 5.06 Å². The molecule has 0 unspecified atom stereocenters. The second kappa shape index (κ2) is 4.01.